The van der Waals surface area contributed by atoms with Crippen LogP contribution in [-0.2, 0) is 18.4 Å². The first-order valence-corrected chi connectivity index (χ1v) is 11.2. The number of hydrogen-bond donors (Lipinski definition) is 1. The molecule has 0 bridgehead atoms. The highest BCUT2D eigenvalue weighted by molar-refractivity contribution is 7.22. The van der Waals surface area contributed by atoms with E-state index < -0.39 is 5.69 Å². The van der Waals surface area contributed by atoms with Crippen molar-refractivity contribution in [3.8, 4) is 0 Å². The van der Waals surface area contributed by atoms with E-state index in [9.17, 15) is 14.4 Å². The normalized spacial score (nSPS) is 17.0. The zero-order chi connectivity index (χ0) is 20.4. The minimum Gasteiger partial charge on any atom is -0.354 e. The molecule has 0 atom stereocenters. The van der Waals surface area contributed by atoms with Gasteiger partial charge < -0.3 is 10.2 Å². The maximum absolute atomic E-state index is 12.7. The second kappa shape index (κ2) is 8.52. The average molecular weight is 418 g/mol. The van der Waals surface area contributed by atoms with Crippen molar-refractivity contribution < 1.29 is 4.79 Å². The van der Waals surface area contributed by atoms with E-state index in [-0.39, 0.29) is 18.0 Å². The Labute approximate surface area is 172 Å². The lowest BCUT2D eigenvalue weighted by molar-refractivity contribution is -0.121. The van der Waals surface area contributed by atoms with Crippen LogP contribution in [0.3, 0.4) is 0 Å². The Morgan fingerprint density at radius 3 is 2.72 bits per heavy atom. The number of amides is 1. The van der Waals surface area contributed by atoms with E-state index in [2.05, 4.69) is 21.3 Å². The number of rotatable bonds is 6. The molecule has 0 radical (unpaired) electrons. The molecule has 1 aliphatic heterocycles. The van der Waals surface area contributed by atoms with Crippen molar-refractivity contribution in [2.45, 2.75) is 51.5 Å². The first-order valence-electron chi connectivity index (χ1n) is 10.3. The number of carbonyl (C=O) groups excluding carboxylic acids is 1. The topological polar surface area (TPSA) is 89.2 Å². The number of allylic oxidation sites excluding steroid dienone is 1. The molecule has 0 spiro atoms. The number of anilines is 1. The van der Waals surface area contributed by atoms with Crippen molar-refractivity contribution in [1.29, 1.82) is 0 Å². The molecule has 2 aromatic heterocycles. The highest BCUT2D eigenvalue weighted by Gasteiger charge is 2.22. The predicted octanol–water partition coefficient (Wildman–Crippen LogP) is 1.76. The third-order valence-electron chi connectivity index (χ3n) is 5.70. The van der Waals surface area contributed by atoms with Crippen LogP contribution in [0.1, 0.15) is 44.9 Å². The van der Waals surface area contributed by atoms with Gasteiger partial charge in [0.05, 0.1) is 0 Å². The van der Waals surface area contributed by atoms with Crippen LogP contribution in [0.15, 0.2) is 21.2 Å². The van der Waals surface area contributed by atoms with E-state index in [1.54, 1.807) is 0 Å². The molecule has 0 aromatic carbocycles. The van der Waals surface area contributed by atoms with Gasteiger partial charge in [-0.2, -0.15) is 0 Å². The molecule has 2 aromatic rings. The van der Waals surface area contributed by atoms with Crippen molar-refractivity contribution in [1.82, 2.24) is 19.4 Å². The van der Waals surface area contributed by atoms with Crippen LogP contribution in [0.25, 0.3) is 10.3 Å². The lowest BCUT2D eigenvalue weighted by Crippen LogP contribution is -2.41. The maximum atomic E-state index is 12.7. The van der Waals surface area contributed by atoms with Gasteiger partial charge in [-0.15, -0.1) is 0 Å². The van der Waals surface area contributed by atoms with Crippen molar-refractivity contribution >= 4 is 32.7 Å². The molecule has 3 heterocycles. The zero-order valence-electron chi connectivity index (χ0n) is 16.8. The summed E-state index contributed by atoms with van der Waals surface area (Å²) in [4.78, 5) is 44.4. The van der Waals surface area contributed by atoms with Gasteiger partial charge in [0.2, 0.25) is 5.91 Å². The van der Waals surface area contributed by atoms with Crippen molar-refractivity contribution in [2.75, 3.05) is 24.5 Å². The fourth-order valence-corrected chi connectivity index (χ4v) is 5.11. The average Bonchev–Trinajstić information content (AvgIpc) is 3.40. The second-order valence-corrected chi connectivity index (χ2v) is 8.76. The van der Waals surface area contributed by atoms with Gasteiger partial charge in [0.1, 0.15) is 11.2 Å². The molecule has 1 amide bonds. The summed E-state index contributed by atoms with van der Waals surface area (Å²) in [6.07, 6.45) is 10.00. The molecule has 1 N–H and O–H groups in total. The standard InChI is InChI=1S/C20H27N5O3S/c1-23-18(27)16-17(22-19(29-16)24-11-5-6-12-24)25(20(23)28)13-15(26)21-10-9-14-7-3-2-4-8-14/h7H,2-6,8-13H2,1H3,(H,21,26). The van der Waals surface area contributed by atoms with Gasteiger partial charge in [-0.1, -0.05) is 23.0 Å². The molecule has 29 heavy (non-hydrogen) atoms. The number of nitrogens with one attached hydrogen (secondary N) is 1. The summed E-state index contributed by atoms with van der Waals surface area (Å²) in [5.74, 6) is -0.237. The number of thiazole rings is 1. The Kier molecular flexibility index (Phi) is 5.84. The Hall–Kier alpha value is -2.42. The molecule has 0 unspecified atom stereocenters. The third kappa shape index (κ3) is 4.14. The molecule has 2 aliphatic rings. The van der Waals surface area contributed by atoms with E-state index in [1.165, 1.54) is 41.4 Å². The van der Waals surface area contributed by atoms with Crippen LogP contribution in [0.2, 0.25) is 0 Å². The molecular formula is C20H27N5O3S. The van der Waals surface area contributed by atoms with E-state index >= 15 is 0 Å². The summed E-state index contributed by atoms with van der Waals surface area (Å²) in [7, 11) is 1.45. The Balaban J connectivity index is 1.54. The third-order valence-corrected chi connectivity index (χ3v) is 6.80. The SMILES string of the molecule is Cn1c(=O)c2sc(N3CCCC3)nc2n(CC(=O)NCCC2=CCCCC2)c1=O. The van der Waals surface area contributed by atoms with Crippen LogP contribution in [0.5, 0.6) is 0 Å². The largest absolute Gasteiger partial charge is 0.354 e. The van der Waals surface area contributed by atoms with E-state index in [4.69, 9.17) is 0 Å². The van der Waals surface area contributed by atoms with Gasteiger partial charge in [-0.3, -0.25) is 18.7 Å². The summed E-state index contributed by atoms with van der Waals surface area (Å²) in [5.41, 5.74) is 0.850. The van der Waals surface area contributed by atoms with Crippen LogP contribution in [0.4, 0.5) is 5.13 Å². The Bertz CT molecular complexity index is 1060. The lowest BCUT2D eigenvalue weighted by atomic mass is 9.97. The first-order chi connectivity index (χ1) is 14.0. The van der Waals surface area contributed by atoms with Crippen LogP contribution < -0.4 is 21.5 Å². The fraction of sp³-hybridized carbons (Fsp3) is 0.600. The zero-order valence-corrected chi connectivity index (χ0v) is 17.6. The van der Waals surface area contributed by atoms with Crippen molar-refractivity contribution in [3.63, 3.8) is 0 Å². The van der Waals surface area contributed by atoms with Gasteiger partial charge in [-0.05, 0) is 44.9 Å². The van der Waals surface area contributed by atoms with Gasteiger partial charge in [0.25, 0.3) is 5.56 Å². The van der Waals surface area contributed by atoms with Gasteiger partial charge in [0, 0.05) is 26.7 Å². The number of fused-ring (bicyclic) bond motifs is 1. The van der Waals surface area contributed by atoms with Crippen LogP contribution in [-0.4, -0.2) is 39.7 Å². The Morgan fingerprint density at radius 1 is 1.21 bits per heavy atom. The smallest absolute Gasteiger partial charge is 0.332 e. The molecule has 9 heteroatoms. The Morgan fingerprint density at radius 2 is 2.00 bits per heavy atom. The van der Waals surface area contributed by atoms with Gasteiger partial charge in [0.15, 0.2) is 10.8 Å². The summed E-state index contributed by atoms with van der Waals surface area (Å²) in [5, 5.41) is 3.65. The monoisotopic (exact) mass is 417 g/mol. The highest BCUT2D eigenvalue weighted by atomic mass is 32.1. The molecular weight excluding hydrogens is 390 g/mol. The van der Waals surface area contributed by atoms with Crippen molar-refractivity contribution in [3.05, 3.63) is 32.5 Å². The predicted molar refractivity (Wildman–Crippen MR) is 115 cm³/mol. The summed E-state index contributed by atoms with van der Waals surface area (Å²) in [6.45, 7) is 2.23. The molecule has 4 rings (SSSR count). The van der Waals surface area contributed by atoms with E-state index in [1.807, 2.05) is 0 Å². The highest BCUT2D eigenvalue weighted by Crippen LogP contribution is 2.28. The van der Waals surface area contributed by atoms with Crippen LogP contribution >= 0.6 is 11.3 Å². The van der Waals surface area contributed by atoms with E-state index in [0.717, 1.165) is 54.9 Å². The molecule has 1 fully saturated rings. The summed E-state index contributed by atoms with van der Waals surface area (Å²) in [6, 6.07) is 0. The number of aromatic nitrogens is 3. The fourth-order valence-electron chi connectivity index (χ4n) is 4.01. The number of hydrogen-bond acceptors (Lipinski definition) is 6. The molecule has 0 saturated carbocycles. The van der Waals surface area contributed by atoms with E-state index in [0.29, 0.717) is 16.9 Å². The molecule has 1 saturated heterocycles. The molecule has 8 nitrogen and oxygen atoms in total. The van der Waals surface area contributed by atoms with Gasteiger partial charge in [-0.25, -0.2) is 9.78 Å². The number of carbonyl (C=O) groups is 1. The first kappa shape index (κ1) is 19.9. The summed E-state index contributed by atoms with van der Waals surface area (Å²) < 4.78 is 2.81. The van der Waals surface area contributed by atoms with Crippen molar-refractivity contribution in [2.24, 2.45) is 7.05 Å². The molecule has 156 valence electrons. The summed E-state index contributed by atoms with van der Waals surface area (Å²) >= 11 is 1.30. The molecule has 1 aliphatic carbocycles. The van der Waals surface area contributed by atoms with Gasteiger partial charge >= 0.3 is 5.69 Å². The van der Waals surface area contributed by atoms with Crippen LogP contribution in [0, 0.1) is 0 Å². The quantitative estimate of drug-likeness (QED) is 0.724. The minimum atomic E-state index is -0.508. The number of nitrogens with zero attached hydrogens (tertiary/aromatic N) is 4. The second-order valence-electron chi connectivity index (χ2n) is 7.78. The maximum Gasteiger partial charge on any atom is 0.332 e. The lowest BCUT2D eigenvalue weighted by Gasteiger charge is -2.13. The minimum absolute atomic E-state index is 0.133.